The molecule has 1 aromatic carbocycles. The topological polar surface area (TPSA) is 56.7 Å². The number of halogens is 2. The Morgan fingerprint density at radius 1 is 1.40 bits per heavy atom. The van der Waals surface area contributed by atoms with Gasteiger partial charge < -0.3 is 10.3 Å². The van der Waals surface area contributed by atoms with Crippen molar-refractivity contribution in [2.45, 2.75) is 13.5 Å². The van der Waals surface area contributed by atoms with Gasteiger partial charge in [-0.3, -0.25) is 4.98 Å². The van der Waals surface area contributed by atoms with Crippen molar-refractivity contribution in [3.8, 4) is 0 Å². The zero-order chi connectivity index (χ0) is 14.3. The van der Waals surface area contributed by atoms with Crippen LogP contribution in [0.1, 0.15) is 11.3 Å². The van der Waals surface area contributed by atoms with Crippen LogP contribution in [0.25, 0.3) is 11.0 Å². The van der Waals surface area contributed by atoms with E-state index in [1.165, 1.54) is 12.1 Å². The van der Waals surface area contributed by atoms with Gasteiger partial charge in [0.25, 0.3) is 0 Å². The largest absolute Gasteiger partial charge is 0.369 e. The number of hydrogen-bond donors (Lipinski definition) is 1. The molecule has 6 heteroatoms. The summed E-state index contributed by atoms with van der Waals surface area (Å²) in [6.07, 6.45) is 1.72. The van der Waals surface area contributed by atoms with Crippen molar-refractivity contribution in [1.82, 2.24) is 14.5 Å². The first-order valence-corrected chi connectivity index (χ1v) is 6.45. The maximum absolute atomic E-state index is 13.6. The van der Waals surface area contributed by atoms with Gasteiger partial charge in [-0.05, 0) is 24.6 Å². The van der Waals surface area contributed by atoms with E-state index in [1.807, 2.05) is 19.1 Å². The number of rotatable bonds is 2. The third-order valence-electron chi connectivity index (χ3n) is 3.25. The third-order valence-corrected chi connectivity index (χ3v) is 3.54. The number of benzene rings is 1. The molecule has 3 rings (SSSR count). The normalized spacial score (nSPS) is 11.2. The van der Waals surface area contributed by atoms with Crippen LogP contribution in [0.2, 0.25) is 5.02 Å². The second-order valence-corrected chi connectivity index (χ2v) is 4.99. The van der Waals surface area contributed by atoms with Gasteiger partial charge in [0.05, 0.1) is 28.3 Å². The molecule has 0 atom stereocenters. The Bertz CT molecular complexity index is 797. The lowest BCUT2D eigenvalue weighted by atomic mass is 10.2. The van der Waals surface area contributed by atoms with Crippen molar-refractivity contribution >= 4 is 28.6 Å². The molecule has 0 bridgehead atoms. The van der Waals surface area contributed by atoms with Crippen LogP contribution in [-0.4, -0.2) is 14.5 Å². The molecule has 3 aromatic rings. The van der Waals surface area contributed by atoms with Gasteiger partial charge in [-0.25, -0.2) is 9.37 Å². The SMILES string of the molecule is Cc1cccnc1Cn1c(N)nc2cc(Cl)c(F)cc21. The quantitative estimate of drug-likeness (QED) is 0.789. The monoisotopic (exact) mass is 290 g/mol. The molecule has 20 heavy (non-hydrogen) atoms. The fourth-order valence-electron chi connectivity index (χ4n) is 2.14. The minimum Gasteiger partial charge on any atom is -0.369 e. The maximum atomic E-state index is 13.6. The van der Waals surface area contributed by atoms with Gasteiger partial charge in [0.15, 0.2) is 0 Å². The molecule has 102 valence electrons. The van der Waals surface area contributed by atoms with E-state index in [4.69, 9.17) is 17.3 Å². The minimum atomic E-state index is -0.488. The first-order valence-electron chi connectivity index (χ1n) is 6.07. The molecule has 0 unspecified atom stereocenters. The summed E-state index contributed by atoms with van der Waals surface area (Å²) < 4.78 is 15.4. The summed E-state index contributed by atoms with van der Waals surface area (Å²) in [6, 6.07) is 6.66. The van der Waals surface area contributed by atoms with Gasteiger partial charge in [0, 0.05) is 12.3 Å². The van der Waals surface area contributed by atoms with Crippen molar-refractivity contribution in [3.05, 3.63) is 52.6 Å². The molecular weight excluding hydrogens is 279 g/mol. The van der Waals surface area contributed by atoms with E-state index in [-0.39, 0.29) is 5.02 Å². The van der Waals surface area contributed by atoms with Gasteiger partial charge >= 0.3 is 0 Å². The van der Waals surface area contributed by atoms with E-state index in [0.29, 0.717) is 23.5 Å². The lowest BCUT2D eigenvalue weighted by Gasteiger charge is -2.08. The zero-order valence-corrected chi connectivity index (χ0v) is 11.5. The number of hydrogen-bond acceptors (Lipinski definition) is 3. The van der Waals surface area contributed by atoms with Crippen LogP contribution in [0.15, 0.2) is 30.5 Å². The van der Waals surface area contributed by atoms with E-state index in [2.05, 4.69) is 9.97 Å². The summed E-state index contributed by atoms with van der Waals surface area (Å²) in [5.41, 5.74) is 9.00. The van der Waals surface area contributed by atoms with E-state index < -0.39 is 5.82 Å². The highest BCUT2D eigenvalue weighted by atomic mass is 35.5. The van der Waals surface area contributed by atoms with Crippen LogP contribution in [0.5, 0.6) is 0 Å². The van der Waals surface area contributed by atoms with Gasteiger partial charge in [0.2, 0.25) is 5.95 Å². The third kappa shape index (κ3) is 2.10. The Morgan fingerprint density at radius 2 is 2.20 bits per heavy atom. The Labute approximate surface area is 120 Å². The number of nitrogens with two attached hydrogens (primary N) is 1. The molecule has 2 aromatic heterocycles. The van der Waals surface area contributed by atoms with Gasteiger partial charge in [-0.15, -0.1) is 0 Å². The van der Waals surface area contributed by atoms with Crippen molar-refractivity contribution < 1.29 is 4.39 Å². The second kappa shape index (κ2) is 4.76. The summed E-state index contributed by atoms with van der Waals surface area (Å²) in [7, 11) is 0. The van der Waals surface area contributed by atoms with E-state index in [9.17, 15) is 4.39 Å². The number of pyridine rings is 1. The van der Waals surface area contributed by atoms with Crippen molar-refractivity contribution in [2.75, 3.05) is 5.73 Å². The van der Waals surface area contributed by atoms with Crippen LogP contribution in [0, 0.1) is 12.7 Å². The minimum absolute atomic E-state index is 0.0381. The van der Waals surface area contributed by atoms with E-state index >= 15 is 0 Å². The molecular formula is C14H12ClFN4. The highest BCUT2D eigenvalue weighted by Crippen LogP contribution is 2.25. The average Bonchev–Trinajstić information content (AvgIpc) is 2.69. The van der Waals surface area contributed by atoms with Crippen LogP contribution < -0.4 is 5.73 Å². The number of fused-ring (bicyclic) bond motifs is 1. The molecule has 0 fully saturated rings. The molecule has 0 radical (unpaired) electrons. The van der Waals surface area contributed by atoms with Crippen LogP contribution in [0.4, 0.5) is 10.3 Å². The Kier molecular flexibility index (Phi) is 3.06. The second-order valence-electron chi connectivity index (χ2n) is 4.58. The van der Waals surface area contributed by atoms with E-state index in [0.717, 1.165) is 11.3 Å². The number of nitrogen functional groups attached to an aromatic ring is 1. The van der Waals surface area contributed by atoms with E-state index in [1.54, 1.807) is 10.8 Å². The highest BCUT2D eigenvalue weighted by molar-refractivity contribution is 6.31. The fraction of sp³-hybridized carbons (Fsp3) is 0.143. The summed E-state index contributed by atoms with van der Waals surface area (Å²) in [4.78, 5) is 8.52. The predicted octanol–water partition coefficient (Wildman–Crippen LogP) is 3.16. The smallest absolute Gasteiger partial charge is 0.201 e. The Morgan fingerprint density at radius 3 is 2.95 bits per heavy atom. The van der Waals surface area contributed by atoms with Crippen LogP contribution in [0.3, 0.4) is 0 Å². The van der Waals surface area contributed by atoms with Crippen LogP contribution >= 0.6 is 11.6 Å². The molecule has 0 aliphatic rings. The summed E-state index contributed by atoms with van der Waals surface area (Å²) >= 11 is 5.76. The van der Waals surface area contributed by atoms with Gasteiger partial charge in [-0.2, -0.15) is 0 Å². The predicted molar refractivity (Wildman–Crippen MR) is 77.2 cm³/mol. The highest BCUT2D eigenvalue weighted by Gasteiger charge is 2.13. The Hall–Kier alpha value is -2.14. The number of anilines is 1. The molecule has 0 aliphatic heterocycles. The molecule has 0 amide bonds. The number of aromatic nitrogens is 3. The number of nitrogens with zero attached hydrogens (tertiary/aromatic N) is 3. The molecule has 2 N–H and O–H groups in total. The molecule has 0 saturated heterocycles. The summed E-state index contributed by atoms with van der Waals surface area (Å²) in [5.74, 6) is -0.176. The Balaban J connectivity index is 2.14. The lowest BCUT2D eigenvalue weighted by molar-refractivity contribution is 0.629. The molecule has 0 aliphatic carbocycles. The molecule has 2 heterocycles. The average molecular weight is 291 g/mol. The summed E-state index contributed by atoms with van der Waals surface area (Å²) in [6.45, 7) is 2.41. The maximum Gasteiger partial charge on any atom is 0.201 e. The molecule has 0 saturated carbocycles. The first-order chi connectivity index (χ1) is 9.56. The van der Waals surface area contributed by atoms with Crippen molar-refractivity contribution in [3.63, 3.8) is 0 Å². The van der Waals surface area contributed by atoms with Gasteiger partial charge in [-0.1, -0.05) is 17.7 Å². The lowest BCUT2D eigenvalue weighted by Crippen LogP contribution is -2.07. The zero-order valence-electron chi connectivity index (χ0n) is 10.8. The first kappa shape index (κ1) is 12.9. The van der Waals surface area contributed by atoms with Crippen LogP contribution in [-0.2, 0) is 6.54 Å². The number of imidazole rings is 1. The molecule has 0 spiro atoms. The van der Waals surface area contributed by atoms with Gasteiger partial charge in [0.1, 0.15) is 5.82 Å². The fourth-order valence-corrected chi connectivity index (χ4v) is 2.30. The van der Waals surface area contributed by atoms with Crippen molar-refractivity contribution in [2.24, 2.45) is 0 Å². The summed E-state index contributed by atoms with van der Waals surface area (Å²) in [5, 5.41) is 0.0381. The number of aryl methyl sites for hydroxylation is 1. The standard InChI is InChI=1S/C14H12ClFN4/c1-8-3-2-4-18-12(8)7-20-13-6-10(16)9(15)5-11(13)19-14(20)17/h2-6H,7H2,1H3,(H2,17,19). The molecule has 4 nitrogen and oxygen atoms in total. The van der Waals surface area contributed by atoms with Crippen molar-refractivity contribution in [1.29, 1.82) is 0 Å².